The van der Waals surface area contributed by atoms with Crippen LogP contribution in [0.4, 0.5) is 4.79 Å². The average Bonchev–Trinajstić information content (AvgIpc) is 3.47. The summed E-state index contributed by atoms with van der Waals surface area (Å²) in [6, 6.07) is 7.31. The molecule has 2 aliphatic rings. The van der Waals surface area contributed by atoms with E-state index < -0.39 is 53.2 Å². The third kappa shape index (κ3) is 6.61. The quantitative estimate of drug-likeness (QED) is 0.349. The maximum absolute atomic E-state index is 13.7. The van der Waals surface area contributed by atoms with Crippen molar-refractivity contribution in [2.24, 2.45) is 5.92 Å². The number of rotatable bonds is 9. The summed E-state index contributed by atoms with van der Waals surface area (Å²) >= 11 is 0. The second-order valence-corrected chi connectivity index (χ2v) is 11.4. The smallest absolute Gasteiger partial charge is 0.408 e. The van der Waals surface area contributed by atoms with E-state index in [4.69, 9.17) is 14.2 Å². The van der Waals surface area contributed by atoms with Crippen LogP contribution < -0.4 is 15.4 Å². The van der Waals surface area contributed by atoms with Gasteiger partial charge in [-0.25, -0.2) is 9.59 Å². The molecule has 1 aliphatic heterocycles. The first-order chi connectivity index (χ1) is 19.4. The highest BCUT2D eigenvalue weighted by Gasteiger charge is 2.62. The second-order valence-electron chi connectivity index (χ2n) is 11.4. The molecular weight excluding hydrogens is 528 g/mol. The van der Waals surface area contributed by atoms with Gasteiger partial charge in [-0.05, 0) is 59.2 Å². The number of alkyl carbamates (subject to hydrolysis) is 1. The van der Waals surface area contributed by atoms with Crippen molar-refractivity contribution in [3.8, 4) is 5.75 Å². The molecule has 1 aromatic carbocycles. The average molecular weight is 567 g/mol. The monoisotopic (exact) mass is 566 g/mol. The predicted octanol–water partition coefficient (Wildman–Crippen LogP) is 3.12. The molecule has 4 rings (SSSR count). The number of ether oxygens (including phenoxy) is 3. The lowest BCUT2D eigenvalue weighted by molar-refractivity contribution is -0.150. The first kappa shape index (κ1) is 29.8. The van der Waals surface area contributed by atoms with Gasteiger partial charge >= 0.3 is 12.1 Å². The van der Waals surface area contributed by atoms with Crippen molar-refractivity contribution in [3.63, 3.8) is 0 Å². The lowest BCUT2D eigenvalue weighted by Crippen LogP contribution is -2.56. The van der Waals surface area contributed by atoms with Crippen molar-refractivity contribution in [3.05, 3.63) is 49.2 Å². The highest BCUT2D eigenvalue weighted by Crippen LogP contribution is 2.45. The molecule has 3 amide bonds. The van der Waals surface area contributed by atoms with Gasteiger partial charge < -0.3 is 29.7 Å². The number of hydrogen-bond acceptors (Lipinski definition) is 8. The molecule has 11 heteroatoms. The third-order valence-electron chi connectivity index (χ3n) is 7.14. The number of likely N-dealkylation sites (tertiary alicyclic amines) is 1. The minimum absolute atomic E-state index is 0.0885. The van der Waals surface area contributed by atoms with E-state index in [0.717, 1.165) is 10.9 Å². The van der Waals surface area contributed by atoms with E-state index in [1.54, 1.807) is 46.0 Å². The van der Waals surface area contributed by atoms with Crippen LogP contribution in [0.15, 0.2) is 49.2 Å². The van der Waals surface area contributed by atoms with Gasteiger partial charge in [0, 0.05) is 23.9 Å². The van der Waals surface area contributed by atoms with Crippen LogP contribution in [0.1, 0.15) is 47.5 Å². The molecule has 2 heterocycles. The van der Waals surface area contributed by atoms with Gasteiger partial charge in [0.05, 0.1) is 18.7 Å². The Bertz CT molecular complexity index is 1330. The van der Waals surface area contributed by atoms with Gasteiger partial charge in [0.1, 0.15) is 35.1 Å². The molecule has 1 aromatic heterocycles. The maximum Gasteiger partial charge on any atom is 0.408 e. The first-order valence-corrected chi connectivity index (χ1v) is 13.8. The molecule has 1 aliphatic carbocycles. The number of hydrogen-bond donors (Lipinski definition) is 2. The number of aromatic nitrogens is 1. The zero-order valence-electron chi connectivity index (χ0n) is 24.1. The fourth-order valence-electron chi connectivity index (χ4n) is 5.09. The number of carbonyl (C=O) groups excluding carboxylic acids is 4. The molecule has 1 saturated heterocycles. The SMILES string of the molecule is C=CC1CC1(NC(=O)[C@@H]1C[C@@H](Oc2ccnc3ccccc23)CN1C(=O)[C@H](C)NC(=O)OC(C)(C)C)C(=O)OCC. The summed E-state index contributed by atoms with van der Waals surface area (Å²) in [5.41, 5.74) is -1.21. The molecule has 41 heavy (non-hydrogen) atoms. The van der Waals surface area contributed by atoms with Crippen molar-refractivity contribution in [2.75, 3.05) is 13.2 Å². The van der Waals surface area contributed by atoms with Crippen molar-refractivity contribution in [1.29, 1.82) is 0 Å². The number of fused-ring (bicyclic) bond motifs is 1. The minimum Gasteiger partial charge on any atom is -0.488 e. The van der Waals surface area contributed by atoms with Gasteiger partial charge in [-0.2, -0.15) is 0 Å². The van der Waals surface area contributed by atoms with E-state index in [9.17, 15) is 19.2 Å². The van der Waals surface area contributed by atoms with E-state index in [-0.39, 0.29) is 25.5 Å². The normalized spacial score (nSPS) is 24.2. The van der Waals surface area contributed by atoms with Gasteiger partial charge in [0.15, 0.2) is 0 Å². The highest BCUT2D eigenvalue weighted by molar-refractivity contribution is 5.96. The van der Waals surface area contributed by atoms with Crippen LogP contribution in [0, 0.1) is 5.92 Å². The fourth-order valence-corrected chi connectivity index (χ4v) is 5.09. The summed E-state index contributed by atoms with van der Waals surface area (Å²) < 4.78 is 16.8. The number of esters is 1. The van der Waals surface area contributed by atoms with Gasteiger partial charge in [-0.15, -0.1) is 6.58 Å². The number of benzene rings is 1. The van der Waals surface area contributed by atoms with Crippen molar-refractivity contribution >= 4 is 34.8 Å². The zero-order valence-corrected chi connectivity index (χ0v) is 24.1. The Morgan fingerprint density at radius 1 is 1.22 bits per heavy atom. The van der Waals surface area contributed by atoms with Crippen LogP contribution in [0.2, 0.25) is 0 Å². The number of carbonyl (C=O) groups is 4. The van der Waals surface area contributed by atoms with Crippen LogP contribution >= 0.6 is 0 Å². The third-order valence-corrected chi connectivity index (χ3v) is 7.14. The van der Waals surface area contributed by atoms with E-state index in [0.29, 0.717) is 12.2 Å². The Hall–Kier alpha value is -4.15. The minimum atomic E-state index is -1.22. The zero-order chi connectivity index (χ0) is 29.9. The molecule has 2 unspecified atom stereocenters. The summed E-state index contributed by atoms with van der Waals surface area (Å²) in [7, 11) is 0. The van der Waals surface area contributed by atoms with E-state index >= 15 is 0 Å². The second kappa shape index (κ2) is 11.8. The van der Waals surface area contributed by atoms with Gasteiger partial charge in [0.2, 0.25) is 11.8 Å². The number of para-hydroxylation sites is 1. The van der Waals surface area contributed by atoms with Crippen molar-refractivity contribution in [2.45, 2.75) is 76.8 Å². The Balaban J connectivity index is 1.56. The molecule has 0 radical (unpaired) electrons. The molecule has 2 fully saturated rings. The summed E-state index contributed by atoms with van der Waals surface area (Å²) in [6.07, 6.45) is 2.50. The van der Waals surface area contributed by atoms with Gasteiger partial charge in [-0.3, -0.25) is 14.6 Å². The molecule has 2 N–H and O–H groups in total. The van der Waals surface area contributed by atoms with Crippen LogP contribution in [0.3, 0.4) is 0 Å². The Kier molecular flexibility index (Phi) is 8.55. The summed E-state index contributed by atoms with van der Waals surface area (Å²) in [5, 5.41) is 6.20. The molecule has 11 nitrogen and oxygen atoms in total. The Morgan fingerprint density at radius 3 is 2.61 bits per heavy atom. The van der Waals surface area contributed by atoms with Crippen LogP contribution in [0.25, 0.3) is 10.9 Å². The maximum atomic E-state index is 13.7. The van der Waals surface area contributed by atoms with Crippen molar-refractivity contribution < 1.29 is 33.4 Å². The van der Waals surface area contributed by atoms with Crippen LogP contribution in [-0.4, -0.2) is 76.2 Å². The molecule has 2 aromatic rings. The van der Waals surface area contributed by atoms with Crippen LogP contribution in [-0.2, 0) is 23.9 Å². The number of pyridine rings is 1. The van der Waals surface area contributed by atoms with E-state index in [2.05, 4.69) is 22.2 Å². The standard InChI is InChI=1S/C30H38N4O7/c1-7-19-16-30(19,27(37)39-8-2)33-25(35)23-15-20(40-24-13-14-31-22-12-10-9-11-21(22)24)17-34(23)26(36)18(3)32-28(38)41-29(4,5)6/h7,9-14,18-20,23H,1,8,15-17H2,2-6H3,(H,32,38)(H,33,35)/t18-,19?,20+,23-,30?/m0/s1. The predicted molar refractivity (Wildman–Crippen MR) is 151 cm³/mol. The largest absolute Gasteiger partial charge is 0.488 e. The molecule has 1 saturated carbocycles. The Labute approximate surface area is 239 Å². The topological polar surface area (TPSA) is 136 Å². The van der Waals surface area contributed by atoms with E-state index in [1.807, 2.05) is 24.3 Å². The molecule has 5 atom stereocenters. The first-order valence-electron chi connectivity index (χ1n) is 13.8. The number of amides is 3. The molecule has 0 bridgehead atoms. The van der Waals surface area contributed by atoms with Gasteiger partial charge in [0.25, 0.3) is 0 Å². The summed E-state index contributed by atoms with van der Waals surface area (Å²) in [6.45, 7) is 12.4. The van der Waals surface area contributed by atoms with Crippen LogP contribution in [0.5, 0.6) is 5.75 Å². The number of nitrogens with one attached hydrogen (secondary N) is 2. The van der Waals surface area contributed by atoms with Gasteiger partial charge in [-0.1, -0.05) is 18.2 Å². The Morgan fingerprint density at radius 2 is 1.95 bits per heavy atom. The van der Waals surface area contributed by atoms with Crippen molar-refractivity contribution in [1.82, 2.24) is 20.5 Å². The number of nitrogens with zero attached hydrogens (tertiary/aromatic N) is 2. The summed E-state index contributed by atoms with van der Waals surface area (Å²) in [5.74, 6) is -1.23. The summed E-state index contributed by atoms with van der Waals surface area (Å²) in [4.78, 5) is 58.2. The molecular formula is C30H38N4O7. The highest BCUT2D eigenvalue weighted by atomic mass is 16.6. The molecule has 220 valence electrons. The lowest BCUT2D eigenvalue weighted by atomic mass is 10.1. The lowest BCUT2D eigenvalue weighted by Gasteiger charge is -2.29. The van der Waals surface area contributed by atoms with E-state index in [1.165, 1.54) is 11.8 Å². The molecule has 0 spiro atoms. The fraction of sp³-hybridized carbons (Fsp3) is 0.500.